The number of aryl methyl sites for hydroxylation is 1. The Hall–Kier alpha value is -1.47. The molecular formula is C22H30ClN. The number of H-pyrrole nitrogens is 1. The monoisotopic (exact) mass is 343 g/mol. The summed E-state index contributed by atoms with van der Waals surface area (Å²) < 4.78 is 0. The molecule has 130 valence electrons. The summed E-state index contributed by atoms with van der Waals surface area (Å²) in [6.45, 7) is 8.88. The molecule has 0 amide bonds. The standard InChI is InChI=1S/C22H30ClN/c1-5-8-11-17(10-7-3)16(4)22-19(12-9-6-2)20-15-18(23)13-14-21(20)24-22/h7,10-11,13-16,24H,5-6,8-9,12H2,1-4H3/b10-7-,17-11+. The normalized spacial score (nSPS) is 14.0. The molecule has 0 saturated heterocycles. The lowest BCUT2D eigenvalue weighted by molar-refractivity contribution is 0.773. The molecule has 0 radical (unpaired) electrons. The van der Waals surface area contributed by atoms with E-state index in [1.807, 2.05) is 6.07 Å². The number of fused-ring (bicyclic) bond motifs is 1. The van der Waals surface area contributed by atoms with E-state index in [0.29, 0.717) is 5.92 Å². The van der Waals surface area contributed by atoms with E-state index in [1.54, 1.807) is 0 Å². The van der Waals surface area contributed by atoms with E-state index in [2.05, 4.69) is 63.0 Å². The minimum absolute atomic E-state index is 0.366. The summed E-state index contributed by atoms with van der Waals surface area (Å²) >= 11 is 6.26. The number of hydrogen-bond donors (Lipinski definition) is 1. The molecule has 0 aliphatic rings. The largest absolute Gasteiger partial charge is 0.358 e. The van der Waals surface area contributed by atoms with Gasteiger partial charge in [-0.3, -0.25) is 0 Å². The summed E-state index contributed by atoms with van der Waals surface area (Å²) in [6, 6.07) is 6.19. The number of nitrogens with one attached hydrogen (secondary N) is 1. The number of aromatic amines is 1. The number of benzene rings is 1. The number of allylic oxidation sites excluding steroid dienone is 4. The highest BCUT2D eigenvalue weighted by atomic mass is 35.5. The smallest absolute Gasteiger partial charge is 0.0460 e. The molecule has 1 unspecified atom stereocenters. The van der Waals surface area contributed by atoms with E-state index in [4.69, 9.17) is 11.6 Å². The fourth-order valence-corrected chi connectivity index (χ4v) is 3.46. The molecule has 2 rings (SSSR count). The summed E-state index contributed by atoms with van der Waals surface area (Å²) in [7, 11) is 0. The number of hydrogen-bond acceptors (Lipinski definition) is 0. The van der Waals surface area contributed by atoms with Gasteiger partial charge in [-0.2, -0.15) is 0 Å². The molecule has 1 heterocycles. The van der Waals surface area contributed by atoms with Crippen molar-refractivity contribution in [3.63, 3.8) is 0 Å². The van der Waals surface area contributed by atoms with Crippen molar-refractivity contribution in [1.29, 1.82) is 0 Å². The van der Waals surface area contributed by atoms with Gasteiger partial charge in [0.1, 0.15) is 0 Å². The molecule has 1 nitrogen and oxygen atoms in total. The highest BCUT2D eigenvalue weighted by Gasteiger charge is 2.18. The Morgan fingerprint density at radius 2 is 2.04 bits per heavy atom. The maximum atomic E-state index is 6.26. The maximum Gasteiger partial charge on any atom is 0.0460 e. The minimum atomic E-state index is 0.366. The van der Waals surface area contributed by atoms with Crippen LogP contribution in [-0.4, -0.2) is 4.98 Å². The fraction of sp³-hybridized carbons (Fsp3) is 0.455. The van der Waals surface area contributed by atoms with E-state index in [-0.39, 0.29) is 0 Å². The molecule has 0 fully saturated rings. The Balaban J connectivity index is 2.52. The van der Waals surface area contributed by atoms with Crippen LogP contribution in [-0.2, 0) is 6.42 Å². The van der Waals surface area contributed by atoms with E-state index in [9.17, 15) is 0 Å². The third kappa shape index (κ3) is 4.33. The highest BCUT2D eigenvalue weighted by molar-refractivity contribution is 6.31. The summed E-state index contributed by atoms with van der Waals surface area (Å²) in [5.41, 5.74) is 5.38. The Morgan fingerprint density at radius 3 is 2.71 bits per heavy atom. The molecule has 24 heavy (non-hydrogen) atoms. The van der Waals surface area contributed by atoms with Gasteiger partial charge >= 0.3 is 0 Å². The van der Waals surface area contributed by atoms with Crippen LogP contribution in [0, 0.1) is 0 Å². The first-order valence-corrected chi connectivity index (χ1v) is 9.62. The van der Waals surface area contributed by atoms with Gasteiger partial charge in [-0.25, -0.2) is 0 Å². The van der Waals surface area contributed by atoms with Crippen molar-refractivity contribution in [3.05, 3.63) is 58.3 Å². The van der Waals surface area contributed by atoms with Crippen molar-refractivity contribution in [3.8, 4) is 0 Å². The minimum Gasteiger partial charge on any atom is -0.358 e. The van der Waals surface area contributed by atoms with Crippen LogP contribution in [0.1, 0.15) is 70.6 Å². The number of unbranched alkanes of at least 4 members (excludes halogenated alkanes) is 2. The molecule has 0 aliphatic heterocycles. The van der Waals surface area contributed by atoms with E-state index >= 15 is 0 Å². The Labute approximate surface area is 151 Å². The molecule has 1 atom stereocenters. The van der Waals surface area contributed by atoms with Crippen LogP contribution in [0.5, 0.6) is 0 Å². The lowest BCUT2D eigenvalue weighted by Crippen LogP contribution is -2.01. The van der Waals surface area contributed by atoms with Crippen molar-refractivity contribution in [2.75, 3.05) is 0 Å². The fourth-order valence-electron chi connectivity index (χ4n) is 3.29. The van der Waals surface area contributed by atoms with Crippen LogP contribution in [0.2, 0.25) is 5.02 Å². The molecule has 0 bridgehead atoms. The van der Waals surface area contributed by atoms with Gasteiger partial charge in [0, 0.05) is 27.5 Å². The van der Waals surface area contributed by atoms with Gasteiger partial charge in [-0.1, -0.05) is 63.4 Å². The lowest BCUT2D eigenvalue weighted by atomic mass is 9.91. The number of aromatic nitrogens is 1. The SMILES string of the molecule is C/C=C\C(=C/CCC)C(C)c1[nH]c2ccc(Cl)cc2c1CCCC. The quantitative estimate of drug-likeness (QED) is 0.475. The summed E-state index contributed by atoms with van der Waals surface area (Å²) in [5, 5.41) is 2.10. The second kappa shape index (κ2) is 9.13. The van der Waals surface area contributed by atoms with Crippen molar-refractivity contribution < 1.29 is 0 Å². The Kier molecular flexibility index (Phi) is 7.17. The van der Waals surface area contributed by atoms with Gasteiger partial charge in [0.15, 0.2) is 0 Å². The second-order valence-corrected chi connectivity index (χ2v) is 6.96. The zero-order valence-electron chi connectivity index (χ0n) is 15.5. The average molecular weight is 344 g/mol. The summed E-state index contributed by atoms with van der Waals surface area (Å²) in [5.74, 6) is 0.366. The van der Waals surface area contributed by atoms with Gasteiger partial charge in [0.25, 0.3) is 0 Å². The molecule has 0 aliphatic carbocycles. The van der Waals surface area contributed by atoms with Crippen LogP contribution in [0.15, 0.2) is 42.0 Å². The first kappa shape index (κ1) is 18.9. The van der Waals surface area contributed by atoms with Crippen molar-refractivity contribution >= 4 is 22.5 Å². The molecule has 1 aromatic heterocycles. The highest BCUT2D eigenvalue weighted by Crippen LogP contribution is 2.34. The predicted molar refractivity (Wildman–Crippen MR) is 108 cm³/mol. The van der Waals surface area contributed by atoms with Gasteiger partial charge in [0.05, 0.1) is 0 Å². The maximum absolute atomic E-state index is 6.26. The zero-order chi connectivity index (χ0) is 17.5. The predicted octanol–water partition coefficient (Wildman–Crippen LogP) is 7.57. The first-order valence-electron chi connectivity index (χ1n) is 9.25. The van der Waals surface area contributed by atoms with Gasteiger partial charge < -0.3 is 4.98 Å². The number of rotatable bonds is 8. The van der Waals surface area contributed by atoms with Crippen LogP contribution in [0.3, 0.4) is 0 Å². The molecular weight excluding hydrogens is 314 g/mol. The van der Waals surface area contributed by atoms with Crippen LogP contribution in [0.4, 0.5) is 0 Å². The summed E-state index contributed by atoms with van der Waals surface area (Å²) in [6.07, 6.45) is 12.6. The van der Waals surface area contributed by atoms with Gasteiger partial charge in [-0.05, 0) is 55.5 Å². The Bertz CT molecular complexity index is 721. The molecule has 2 heteroatoms. The second-order valence-electron chi connectivity index (χ2n) is 6.53. The van der Waals surface area contributed by atoms with Gasteiger partial charge in [-0.15, -0.1) is 0 Å². The third-order valence-electron chi connectivity index (χ3n) is 4.64. The van der Waals surface area contributed by atoms with Gasteiger partial charge in [0.2, 0.25) is 0 Å². The van der Waals surface area contributed by atoms with Crippen LogP contribution in [0.25, 0.3) is 10.9 Å². The third-order valence-corrected chi connectivity index (χ3v) is 4.88. The molecule has 0 saturated carbocycles. The topological polar surface area (TPSA) is 15.8 Å². The molecule has 1 N–H and O–H groups in total. The average Bonchev–Trinajstić information content (AvgIpc) is 2.93. The Morgan fingerprint density at radius 1 is 1.25 bits per heavy atom. The summed E-state index contributed by atoms with van der Waals surface area (Å²) in [4.78, 5) is 3.68. The van der Waals surface area contributed by atoms with Crippen LogP contribution < -0.4 is 0 Å². The first-order chi connectivity index (χ1) is 11.6. The van der Waals surface area contributed by atoms with E-state index < -0.39 is 0 Å². The molecule has 0 spiro atoms. The van der Waals surface area contributed by atoms with Crippen molar-refractivity contribution in [2.24, 2.45) is 0 Å². The zero-order valence-corrected chi connectivity index (χ0v) is 16.2. The lowest BCUT2D eigenvalue weighted by Gasteiger charge is -2.15. The van der Waals surface area contributed by atoms with Crippen molar-refractivity contribution in [2.45, 2.75) is 65.7 Å². The van der Waals surface area contributed by atoms with E-state index in [1.165, 1.54) is 47.0 Å². The van der Waals surface area contributed by atoms with Crippen LogP contribution >= 0.6 is 11.6 Å². The van der Waals surface area contributed by atoms with Crippen molar-refractivity contribution in [1.82, 2.24) is 4.98 Å². The molecule has 1 aromatic carbocycles. The van der Waals surface area contributed by atoms with E-state index in [0.717, 1.165) is 17.9 Å². The molecule has 2 aromatic rings. The number of halogens is 1.